The zero-order valence-corrected chi connectivity index (χ0v) is 11.8. The molecule has 0 N–H and O–H groups in total. The van der Waals surface area contributed by atoms with Gasteiger partial charge in [-0.15, -0.1) is 0 Å². The summed E-state index contributed by atoms with van der Waals surface area (Å²) in [5.41, 5.74) is 0.804. The molecule has 1 aromatic heterocycles. The Labute approximate surface area is 127 Å². The monoisotopic (exact) mass is 290 g/mol. The molecule has 4 heteroatoms. The predicted octanol–water partition coefficient (Wildman–Crippen LogP) is 2.55. The summed E-state index contributed by atoms with van der Waals surface area (Å²) in [6.45, 7) is 0. The van der Waals surface area contributed by atoms with Crippen LogP contribution in [0.3, 0.4) is 0 Å². The van der Waals surface area contributed by atoms with Crippen LogP contribution in [0.15, 0.2) is 48.6 Å². The van der Waals surface area contributed by atoms with Crippen LogP contribution < -0.4 is 4.90 Å². The Morgan fingerprint density at radius 1 is 0.909 bits per heavy atom. The Morgan fingerprint density at radius 2 is 1.59 bits per heavy atom. The number of carbonyl (C=O) groups is 2. The van der Waals surface area contributed by atoms with Gasteiger partial charge in [0, 0.05) is 5.39 Å². The molecule has 2 amide bonds. The van der Waals surface area contributed by atoms with E-state index < -0.39 is 0 Å². The molecule has 2 aliphatic carbocycles. The lowest BCUT2D eigenvalue weighted by Gasteiger charge is -2.16. The number of hydrogen-bond donors (Lipinski definition) is 0. The Balaban J connectivity index is 1.60. The molecule has 2 fully saturated rings. The average molecular weight is 290 g/mol. The van der Waals surface area contributed by atoms with Crippen molar-refractivity contribution < 1.29 is 9.59 Å². The van der Waals surface area contributed by atoms with Crippen LogP contribution in [0.5, 0.6) is 0 Å². The molecular formula is C18H14N2O2. The van der Waals surface area contributed by atoms with Crippen molar-refractivity contribution >= 4 is 28.5 Å². The van der Waals surface area contributed by atoms with E-state index in [0.717, 1.165) is 17.3 Å². The number of fused-ring (bicyclic) bond motifs is 6. The minimum absolute atomic E-state index is 0.0744. The summed E-state index contributed by atoms with van der Waals surface area (Å²) in [7, 11) is 0. The summed E-state index contributed by atoms with van der Waals surface area (Å²) >= 11 is 0. The average Bonchev–Trinajstić information content (AvgIpc) is 3.21. The molecular weight excluding hydrogens is 276 g/mol. The van der Waals surface area contributed by atoms with E-state index in [1.807, 2.05) is 30.3 Å². The van der Waals surface area contributed by atoms with Crippen LogP contribution in [0.2, 0.25) is 0 Å². The molecule has 2 aromatic rings. The molecule has 1 aromatic carbocycles. The molecule has 5 rings (SSSR count). The van der Waals surface area contributed by atoms with Gasteiger partial charge >= 0.3 is 0 Å². The number of amides is 2. The van der Waals surface area contributed by atoms with Gasteiger partial charge in [0.25, 0.3) is 0 Å². The lowest BCUT2D eigenvalue weighted by atomic mass is 9.85. The van der Waals surface area contributed by atoms with Crippen LogP contribution in [0.1, 0.15) is 6.42 Å². The van der Waals surface area contributed by atoms with Crippen molar-refractivity contribution in [2.45, 2.75) is 6.42 Å². The number of allylic oxidation sites excluding steroid dienone is 2. The first-order valence-electron chi connectivity index (χ1n) is 7.66. The third-order valence-corrected chi connectivity index (χ3v) is 5.28. The minimum atomic E-state index is -0.171. The maximum Gasteiger partial charge on any atom is 0.239 e. The van der Waals surface area contributed by atoms with E-state index in [-0.39, 0.29) is 35.5 Å². The highest BCUT2D eigenvalue weighted by atomic mass is 16.2. The fourth-order valence-corrected chi connectivity index (χ4v) is 4.31. The Morgan fingerprint density at radius 3 is 2.32 bits per heavy atom. The maximum absolute atomic E-state index is 12.8. The van der Waals surface area contributed by atoms with Crippen LogP contribution in [-0.2, 0) is 9.59 Å². The first-order valence-corrected chi connectivity index (χ1v) is 7.66. The van der Waals surface area contributed by atoms with Crippen molar-refractivity contribution in [3.8, 4) is 0 Å². The van der Waals surface area contributed by atoms with Gasteiger partial charge in [-0.2, -0.15) is 0 Å². The van der Waals surface area contributed by atoms with Crippen molar-refractivity contribution in [3.05, 3.63) is 48.6 Å². The van der Waals surface area contributed by atoms with E-state index in [1.54, 1.807) is 6.07 Å². The number of benzene rings is 1. The molecule has 0 unspecified atom stereocenters. The highest BCUT2D eigenvalue weighted by Gasteiger charge is 2.59. The van der Waals surface area contributed by atoms with Gasteiger partial charge in [-0.05, 0) is 36.5 Å². The van der Waals surface area contributed by atoms with Gasteiger partial charge in [-0.3, -0.25) is 9.59 Å². The highest BCUT2D eigenvalue weighted by Crippen LogP contribution is 2.53. The van der Waals surface area contributed by atoms with Crippen molar-refractivity contribution in [1.29, 1.82) is 0 Å². The van der Waals surface area contributed by atoms with Crippen molar-refractivity contribution in [3.63, 3.8) is 0 Å². The number of aromatic nitrogens is 1. The van der Waals surface area contributed by atoms with E-state index >= 15 is 0 Å². The summed E-state index contributed by atoms with van der Waals surface area (Å²) in [5, 5.41) is 1.01. The van der Waals surface area contributed by atoms with Crippen LogP contribution >= 0.6 is 0 Å². The fourth-order valence-electron chi connectivity index (χ4n) is 4.31. The zero-order valence-electron chi connectivity index (χ0n) is 11.8. The van der Waals surface area contributed by atoms with Crippen LogP contribution in [-0.4, -0.2) is 16.8 Å². The lowest BCUT2D eigenvalue weighted by molar-refractivity contribution is -0.123. The van der Waals surface area contributed by atoms with Crippen molar-refractivity contribution in [1.82, 2.24) is 4.98 Å². The van der Waals surface area contributed by atoms with Gasteiger partial charge in [-0.1, -0.05) is 30.4 Å². The number of carbonyl (C=O) groups excluding carboxylic acids is 2. The molecule has 108 valence electrons. The minimum Gasteiger partial charge on any atom is -0.274 e. The molecule has 2 bridgehead atoms. The summed E-state index contributed by atoms with van der Waals surface area (Å²) in [5.74, 6) is 0.437. The number of pyridine rings is 1. The number of anilines is 1. The van der Waals surface area contributed by atoms with Crippen LogP contribution in [0, 0.1) is 23.7 Å². The van der Waals surface area contributed by atoms with Gasteiger partial charge < -0.3 is 0 Å². The number of rotatable bonds is 1. The first-order chi connectivity index (χ1) is 10.7. The number of nitrogens with zero attached hydrogens (tertiary/aromatic N) is 2. The van der Waals surface area contributed by atoms with Gasteiger partial charge in [0.15, 0.2) is 0 Å². The molecule has 1 saturated heterocycles. The standard InChI is InChI=1S/C18H14N2O2/c21-17-15-11-5-6-12(9-11)16(15)18(22)20(17)14-8-7-10-3-1-2-4-13(10)19-14/h1-8,11-12,15-16H,9H2/t11-,12-,15-,16+/m1/s1. The summed E-state index contributed by atoms with van der Waals surface area (Å²) in [6, 6.07) is 11.4. The smallest absolute Gasteiger partial charge is 0.239 e. The molecule has 3 aliphatic rings. The number of hydrogen-bond acceptors (Lipinski definition) is 3. The van der Waals surface area contributed by atoms with Gasteiger partial charge in [0.2, 0.25) is 11.8 Å². The van der Waals surface area contributed by atoms with Gasteiger partial charge in [0.1, 0.15) is 5.82 Å². The van der Waals surface area contributed by atoms with E-state index in [2.05, 4.69) is 17.1 Å². The van der Waals surface area contributed by atoms with E-state index in [9.17, 15) is 9.59 Å². The Hall–Kier alpha value is -2.49. The predicted molar refractivity (Wildman–Crippen MR) is 82.0 cm³/mol. The quantitative estimate of drug-likeness (QED) is 0.599. The van der Waals surface area contributed by atoms with E-state index in [0.29, 0.717) is 5.82 Å². The lowest BCUT2D eigenvalue weighted by Crippen LogP contribution is -2.33. The fraction of sp³-hybridized carbons (Fsp3) is 0.278. The third-order valence-electron chi connectivity index (χ3n) is 5.28. The van der Waals surface area contributed by atoms with Gasteiger partial charge in [0.05, 0.1) is 17.4 Å². The van der Waals surface area contributed by atoms with E-state index in [1.165, 1.54) is 4.90 Å². The number of imide groups is 1. The molecule has 0 spiro atoms. The first kappa shape index (κ1) is 12.1. The second-order valence-corrected chi connectivity index (χ2v) is 6.37. The van der Waals surface area contributed by atoms with Crippen molar-refractivity contribution in [2.75, 3.05) is 4.90 Å². The van der Waals surface area contributed by atoms with Gasteiger partial charge in [-0.25, -0.2) is 9.88 Å². The van der Waals surface area contributed by atoms with Crippen LogP contribution in [0.4, 0.5) is 5.82 Å². The normalized spacial score (nSPS) is 32.3. The summed E-state index contributed by atoms with van der Waals surface area (Å²) < 4.78 is 0. The van der Waals surface area contributed by atoms with E-state index in [4.69, 9.17) is 0 Å². The molecule has 2 heterocycles. The molecule has 22 heavy (non-hydrogen) atoms. The maximum atomic E-state index is 12.8. The molecule has 0 radical (unpaired) electrons. The highest BCUT2D eigenvalue weighted by molar-refractivity contribution is 6.22. The third kappa shape index (κ3) is 1.39. The molecule has 1 saturated carbocycles. The SMILES string of the molecule is O=C1[C@@H]2[C@H](C(=O)N1c1ccc3ccccc3n1)[C@@H]1C=C[C@@H]2C1. The second kappa shape index (κ2) is 4.03. The molecule has 4 atom stereocenters. The second-order valence-electron chi connectivity index (χ2n) is 6.37. The topological polar surface area (TPSA) is 50.3 Å². The zero-order chi connectivity index (χ0) is 14.8. The number of para-hydroxylation sites is 1. The summed E-state index contributed by atoms with van der Waals surface area (Å²) in [6.07, 6.45) is 5.16. The largest absolute Gasteiger partial charge is 0.274 e. The summed E-state index contributed by atoms with van der Waals surface area (Å²) in [4.78, 5) is 31.3. The Bertz CT molecular complexity index is 827. The van der Waals surface area contributed by atoms with Crippen LogP contribution in [0.25, 0.3) is 10.9 Å². The molecule has 1 aliphatic heterocycles. The Kier molecular flexibility index (Phi) is 2.22. The molecule has 4 nitrogen and oxygen atoms in total. The van der Waals surface area contributed by atoms with Crippen molar-refractivity contribution in [2.24, 2.45) is 23.7 Å².